The summed E-state index contributed by atoms with van der Waals surface area (Å²) < 4.78 is 5.12. The van der Waals surface area contributed by atoms with E-state index in [-0.39, 0.29) is 23.0 Å². The minimum absolute atomic E-state index is 0.0316. The minimum atomic E-state index is -0.582. The van der Waals surface area contributed by atoms with Gasteiger partial charge in [-0.2, -0.15) is 0 Å². The first-order valence-corrected chi connectivity index (χ1v) is 8.60. The number of ether oxygens (including phenoxy) is 1. The van der Waals surface area contributed by atoms with Gasteiger partial charge in [-0.3, -0.25) is 4.79 Å². The Bertz CT molecular complexity index is 870. The number of benzene rings is 1. The summed E-state index contributed by atoms with van der Waals surface area (Å²) >= 11 is 0. The summed E-state index contributed by atoms with van der Waals surface area (Å²) in [4.78, 5) is 28.4. The summed E-state index contributed by atoms with van der Waals surface area (Å²) in [5.74, 6) is -0.582. The molecule has 0 saturated carbocycles. The first kappa shape index (κ1) is 19.0. The SMILES string of the molecule is CCOC(=O)c1c(-c2ccc(C(C)(C)C)cc2C)[nH]c(C)c(C)c1=O. The molecule has 1 N–H and O–H groups in total. The molecule has 0 spiro atoms. The zero-order valence-corrected chi connectivity index (χ0v) is 16.2. The van der Waals surface area contributed by atoms with Crippen molar-refractivity contribution in [3.8, 4) is 11.3 Å². The molecule has 4 nitrogen and oxygen atoms in total. The van der Waals surface area contributed by atoms with Crippen LogP contribution in [0.3, 0.4) is 0 Å². The zero-order valence-electron chi connectivity index (χ0n) is 16.2. The van der Waals surface area contributed by atoms with Crippen LogP contribution in [-0.4, -0.2) is 17.6 Å². The van der Waals surface area contributed by atoms with Crippen molar-refractivity contribution in [1.82, 2.24) is 4.98 Å². The van der Waals surface area contributed by atoms with Gasteiger partial charge in [0.25, 0.3) is 0 Å². The molecule has 0 aliphatic heterocycles. The van der Waals surface area contributed by atoms with E-state index in [0.717, 1.165) is 16.8 Å². The number of hydrogen-bond donors (Lipinski definition) is 1. The van der Waals surface area contributed by atoms with Gasteiger partial charge >= 0.3 is 5.97 Å². The highest BCUT2D eigenvalue weighted by atomic mass is 16.5. The van der Waals surface area contributed by atoms with Crippen molar-refractivity contribution >= 4 is 5.97 Å². The van der Waals surface area contributed by atoms with Gasteiger partial charge in [-0.05, 0) is 44.2 Å². The molecule has 1 aromatic carbocycles. The van der Waals surface area contributed by atoms with Crippen LogP contribution >= 0.6 is 0 Å². The number of nitrogens with one attached hydrogen (secondary N) is 1. The molecule has 0 unspecified atom stereocenters. The molecule has 1 heterocycles. The maximum atomic E-state index is 12.7. The molecular formula is C21H27NO3. The van der Waals surface area contributed by atoms with Crippen molar-refractivity contribution < 1.29 is 9.53 Å². The maximum absolute atomic E-state index is 12.7. The summed E-state index contributed by atoms with van der Waals surface area (Å²) in [5, 5.41) is 0. The predicted molar refractivity (Wildman–Crippen MR) is 101 cm³/mol. The molecule has 2 aromatic rings. The van der Waals surface area contributed by atoms with Crippen LogP contribution in [0, 0.1) is 20.8 Å². The van der Waals surface area contributed by atoms with Crippen molar-refractivity contribution in [2.24, 2.45) is 0 Å². The molecule has 2 rings (SSSR count). The summed E-state index contributed by atoms with van der Waals surface area (Å²) in [5.41, 5.74) is 4.73. The lowest BCUT2D eigenvalue weighted by Gasteiger charge is -2.21. The number of esters is 1. The quantitative estimate of drug-likeness (QED) is 0.840. The standard InChI is InChI=1S/C21H27NO3/c1-8-25-20(24)17-18(22-14(4)13(3)19(17)23)16-10-9-15(11-12(16)2)21(5,6)7/h9-11H,8H2,1-7H3,(H,22,23). The average molecular weight is 341 g/mol. The first-order chi connectivity index (χ1) is 11.6. The number of carbonyl (C=O) groups excluding carboxylic acids is 1. The van der Waals surface area contributed by atoms with E-state index < -0.39 is 5.97 Å². The van der Waals surface area contributed by atoms with Crippen LogP contribution in [0.2, 0.25) is 0 Å². The number of aromatic nitrogens is 1. The van der Waals surface area contributed by atoms with Crippen molar-refractivity contribution in [2.45, 2.75) is 53.9 Å². The Morgan fingerprint density at radius 3 is 2.32 bits per heavy atom. The maximum Gasteiger partial charge on any atom is 0.344 e. The molecular weight excluding hydrogens is 314 g/mol. The second-order valence-electron chi connectivity index (χ2n) is 7.45. The van der Waals surface area contributed by atoms with E-state index in [1.807, 2.05) is 26.0 Å². The third-order valence-corrected chi connectivity index (χ3v) is 4.53. The number of H-pyrrole nitrogens is 1. The predicted octanol–water partition coefficient (Wildman–Crippen LogP) is 4.44. The lowest BCUT2D eigenvalue weighted by Crippen LogP contribution is -2.23. The van der Waals surface area contributed by atoms with E-state index in [4.69, 9.17) is 4.74 Å². The molecule has 0 amide bonds. The van der Waals surface area contributed by atoms with Crippen LogP contribution in [0.25, 0.3) is 11.3 Å². The molecule has 0 radical (unpaired) electrons. The smallest absolute Gasteiger partial charge is 0.344 e. The van der Waals surface area contributed by atoms with Crippen LogP contribution in [0.5, 0.6) is 0 Å². The van der Waals surface area contributed by atoms with Crippen LogP contribution in [0.1, 0.15) is 60.4 Å². The fourth-order valence-corrected chi connectivity index (χ4v) is 2.83. The Morgan fingerprint density at radius 2 is 1.80 bits per heavy atom. The Kier molecular flexibility index (Phi) is 5.21. The van der Waals surface area contributed by atoms with Gasteiger partial charge < -0.3 is 9.72 Å². The first-order valence-electron chi connectivity index (χ1n) is 8.60. The Balaban J connectivity index is 2.75. The Labute approximate surface area is 149 Å². The minimum Gasteiger partial charge on any atom is -0.462 e. The van der Waals surface area contributed by atoms with Crippen molar-refractivity contribution in [3.05, 3.63) is 56.4 Å². The van der Waals surface area contributed by atoms with Gasteiger partial charge in [-0.15, -0.1) is 0 Å². The molecule has 0 fully saturated rings. The number of aryl methyl sites for hydroxylation is 2. The van der Waals surface area contributed by atoms with E-state index >= 15 is 0 Å². The molecule has 0 atom stereocenters. The second-order valence-corrected chi connectivity index (χ2v) is 7.45. The average Bonchev–Trinajstić information content (AvgIpc) is 2.51. The van der Waals surface area contributed by atoms with Crippen molar-refractivity contribution in [3.63, 3.8) is 0 Å². The summed E-state index contributed by atoms with van der Waals surface area (Å²) in [7, 11) is 0. The largest absolute Gasteiger partial charge is 0.462 e. The van der Waals surface area contributed by atoms with Gasteiger partial charge in [0.2, 0.25) is 0 Å². The monoisotopic (exact) mass is 341 g/mol. The third kappa shape index (κ3) is 3.68. The summed E-state index contributed by atoms with van der Waals surface area (Å²) in [6.45, 7) is 14.0. The van der Waals surface area contributed by atoms with E-state index in [1.165, 1.54) is 5.56 Å². The van der Waals surface area contributed by atoms with Crippen LogP contribution in [0.4, 0.5) is 0 Å². The zero-order chi connectivity index (χ0) is 18.9. The number of hydrogen-bond acceptors (Lipinski definition) is 3. The molecule has 0 bridgehead atoms. The van der Waals surface area contributed by atoms with Gasteiger partial charge in [0.05, 0.1) is 12.3 Å². The number of aromatic amines is 1. The number of pyridine rings is 1. The van der Waals surface area contributed by atoms with E-state index in [0.29, 0.717) is 11.3 Å². The molecule has 0 aliphatic rings. The fraction of sp³-hybridized carbons (Fsp3) is 0.429. The number of carbonyl (C=O) groups is 1. The molecule has 1 aromatic heterocycles. The van der Waals surface area contributed by atoms with Crippen LogP contribution < -0.4 is 5.43 Å². The van der Waals surface area contributed by atoms with Crippen molar-refractivity contribution in [1.29, 1.82) is 0 Å². The third-order valence-electron chi connectivity index (χ3n) is 4.53. The van der Waals surface area contributed by atoms with Gasteiger partial charge in [-0.1, -0.05) is 39.0 Å². The molecule has 4 heteroatoms. The lowest BCUT2D eigenvalue weighted by atomic mass is 9.84. The van der Waals surface area contributed by atoms with Gasteiger partial charge in [0.1, 0.15) is 5.56 Å². The van der Waals surface area contributed by atoms with Gasteiger partial charge in [-0.25, -0.2) is 4.79 Å². The summed E-state index contributed by atoms with van der Waals surface area (Å²) in [6, 6.07) is 6.13. The lowest BCUT2D eigenvalue weighted by molar-refractivity contribution is 0.0525. The Morgan fingerprint density at radius 1 is 1.16 bits per heavy atom. The summed E-state index contributed by atoms with van der Waals surface area (Å²) in [6.07, 6.45) is 0. The second kappa shape index (κ2) is 6.87. The highest BCUT2D eigenvalue weighted by molar-refractivity contribution is 5.96. The van der Waals surface area contributed by atoms with Gasteiger partial charge in [0.15, 0.2) is 5.43 Å². The van der Waals surface area contributed by atoms with Crippen molar-refractivity contribution in [2.75, 3.05) is 6.61 Å². The van der Waals surface area contributed by atoms with E-state index in [1.54, 1.807) is 13.8 Å². The highest BCUT2D eigenvalue weighted by Crippen LogP contribution is 2.30. The number of rotatable bonds is 3. The normalized spacial score (nSPS) is 11.5. The highest BCUT2D eigenvalue weighted by Gasteiger charge is 2.23. The van der Waals surface area contributed by atoms with Crippen LogP contribution in [0.15, 0.2) is 23.0 Å². The molecule has 134 valence electrons. The topological polar surface area (TPSA) is 59.2 Å². The van der Waals surface area contributed by atoms with Gasteiger partial charge in [0, 0.05) is 16.8 Å². The molecule has 25 heavy (non-hydrogen) atoms. The molecule has 0 saturated heterocycles. The fourth-order valence-electron chi connectivity index (χ4n) is 2.83. The van der Waals surface area contributed by atoms with Crippen LogP contribution in [-0.2, 0) is 10.2 Å². The molecule has 0 aliphatic carbocycles. The Hall–Kier alpha value is -2.36. The van der Waals surface area contributed by atoms with E-state index in [9.17, 15) is 9.59 Å². The van der Waals surface area contributed by atoms with E-state index in [2.05, 4.69) is 31.8 Å².